The van der Waals surface area contributed by atoms with Crippen molar-refractivity contribution in [1.29, 1.82) is 0 Å². The largest absolute Gasteiger partial charge is 0.480 e. The van der Waals surface area contributed by atoms with Gasteiger partial charge in [-0.05, 0) is 41.4 Å². The molecule has 1 aliphatic heterocycles. The molecule has 1 unspecified atom stereocenters. The lowest BCUT2D eigenvalue weighted by Gasteiger charge is -2.28. The van der Waals surface area contributed by atoms with Crippen LogP contribution in [0.5, 0.6) is 5.75 Å². The summed E-state index contributed by atoms with van der Waals surface area (Å²) in [6.45, 7) is 3.77. The van der Waals surface area contributed by atoms with Gasteiger partial charge in [0.1, 0.15) is 11.1 Å². The molecule has 0 bridgehead atoms. The van der Waals surface area contributed by atoms with Crippen LogP contribution in [0, 0.1) is 0 Å². The minimum absolute atomic E-state index is 0.0526. The van der Waals surface area contributed by atoms with E-state index in [2.05, 4.69) is 26.2 Å². The van der Waals surface area contributed by atoms with Gasteiger partial charge in [-0.1, -0.05) is 6.92 Å². The van der Waals surface area contributed by atoms with Gasteiger partial charge in [0.25, 0.3) is 5.91 Å². The monoisotopic (exact) mass is 341 g/mol. The number of hydrogen-bond donors (Lipinski definition) is 1. The van der Waals surface area contributed by atoms with Gasteiger partial charge >= 0.3 is 0 Å². The third-order valence-electron chi connectivity index (χ3n) is 3.03. The lowest BCUT2D eigenvalue weighted by atomic mass is 10.2. The van der Waals surface area contributed by atoms with Crippen molar-refractivity contribution in [3.63, 3.8) is 0 Å². The molecule has 0 saturated heterocycles. The summed E-state index contributed by atoms with van der Waals surface area (Å²) in [5.41, 5.74) is 0. The van der Waals surface area contributed by atoms with Crippen molar-refractivity contribution in [2.24, 2.45) is 0 Å². The normalized spacial score (nSPS) is 15.3. The molecule has 1 N–H and O–H groups in total. The maximum atomic E-state index is 11.9. The van der Waals surface area contributed by atoms with Crippen LogP contribution in [0.4, 0.5) is 5.82 Å². The van der Waals surface area contributed by atoms with E-state index in [9.17, 15) is 9.59 Å². The van der Waals surface area contributed by atoms with E-state index in [0.717, 1.165) is 6.42 Å². The van der Waals surface area contributed by atoms with Crippen molar-refractivity contribution in [3.8, 4) is 5.75 Å². The highest BCUT2D eigenvalue weighted by molar-refractivity contribution is 9.10. The zero-order valence-electron chi connectivity index (χ0n) is 11.4. The highest BCUT2D eigenvalue weighted by atomic mass is 79.9. The van der Waals surface area contributed by atoms with Gasteiger partial charge in [-0.3, -0.25) is 14.5 Å². The topological polar surface area (TPSA) is 71.5 Å². The first-order valence-corrected chi connectivity index (χ1v) is 7.19. The van der Waals surface area contributed by atoms with Crippen LogP contribution in [-0.2, 0) is 9.59 Å². The number of halogens is 1. The first-order chi connectivity index (χ1) is 9.51. The molecule has 0 saturated carbocycles. The van der Waals surface area contributed by atoms with Crippen molar-refractivity contribution in [2.75, 3.05) is 18.1 Å². The van der Waals surface area contributed by atoms with Crippen LogP contribution in [-0.4, -0.2) is 36.0 Å². The number of rotatable bonds is 4. The Hall–Kier alpha value is -1.63. The fraction of sp³-hybridized carbons (Fsp3) is 0.462. The molecule has 1 atom stereocenters. The first-order valence-electron chi connectivity index (χ1n) is 6.40. The number of amides is 2. The number of anilines is 1. The van der Waals surface area contributed by atoms with Crippen LogP contribution in [0.15, 0.2) is 16.7 Å². The third-order valence-corrected chi connectivity index (χ3v) is 3.48. The van der Waals surface area contributed by atoms with Gasteiger partial charge in [0.2, 0.25) is 5.91 Å². The highest BCUT2D eigenvalue weighted by Crippen LogP contribution is 2.31. The lowest BCUT2D eigenvalue weighted by molar-refractivity contribution is -0.125. The molecule has 2 rings (SSSR count). The van der Waals surface area contributed by atoms with Crippen molar-refractivity contribution >= 4 is 33.6 Å². The number of aromatic nitrogens is 1. The van der Waals surface area contributed by atoms with Crippen molar-refractivity contribution in [1.82, 2.24) is 10.3 Å². The number of pyridine rings is 1. The molecule has 1 aromatic heterocycles. The Morgan fingerprint density at radius 2 is 2.35 bits per heavy atom. The molecule has 7 heteroatoms. The average molecular weight is 342 g/mol. The molecule has 6 nitrogen and oxygen atoms in total. The van der Waals surface area contributed by atoms with Crippen LogP contribution in [0.3, 0.4) is 0 Å². The zero-order valence-corrected chi connectivity index (χ0v) is 12.9. The molecule has 1 aliphatic rings. The predicted octanol–water partition coefficient (Wildman–Crippen LogP) is 1.48. The molecular formula is C13H16BrN3O3. The molecule has 1 aromatic rings. The van der Waals surface area contributed by atoms with Crippen LogP contribution in [0.25, 0.3) is 0 Å². The Labute approximate surface area is 125 Å². The fourth-order valence-corrected chi connectivity index (χ4v) is 2.08. The molecule has 0 fully saturated rings. The number of ether oxygens (including phenoxy) is 1. The van der Waals surface area contributed by atoms with Gasteiger partial charge in [-0.15, -0.1) is 0 Å². The molecule has 2 heterocycles. The minimum atomic E-state index is -0.276. The summed E-state index contributed by atoms with van der Waals surface area (Å²) in [5, 5.41) is 2.83. The van der Waals surface area contributed by atoms with Crippen LogP contribution in [0.1, 0.15) is 20.3 Å². The van der Waals surface area contributed by atoms with Crippen LogP contribution < -0.4 is 15.0 Å². The lowest BCUT2D eigenvalue weighted by Crippen LogP contribution is -2.47. The molecule has 20 heavy (non-hydrogen) atoms. The Morgan fingerprint density at radius 1 is 1.60 bits per heavy atom. The zero-order chi connectivity index (χ0) is 14.7. The number of fused-ring (bicyclic) bond motifs is 1. The van der Waals surface area contributed by atoms with E-state index >= 15 is 0 Å². The van der Waals surface area contributed by atoms with Gasteiger partial charge < -0.3 is 10.1 Å². The Morgan fingerprint density at radius 3 is 3.05 bits per heavy atom. The second-order valence-corrected chi connectivity index (χ2v) is 5.41. The Balaban J connectivity index is 2.17. The maximum absolute atomic E-state index is 11.9. The summed E-state index contributed by atoms with van der Waals surface area (Å²) in [4.78, 5) is 29.4. The van der Waals surface area contributed by atoms with Gasteiger partial charge in [0, 0.05) is 6.04 Å². The van der Waals surface area contributed by atoms with E-state index in [1.165, 1.54) is 4.90 Å². The number of nitrogens with zero attached hydrogens (tertiary/aromatic N) is 2. The van der Waals surface area contributed by atoms with Gasteiger partial charge in [0.05, 0.1) is 0 Å². The second kappa shape index (κ2) is 6.21. The maximum Gasteiger partial charge on any atom is 0.266 e. The van der Waals surface area contributed by atoms with E-state index < -0.39 is 0 Å². The van der Waals surface area contributed by atoms with Crippen molar-refractivity contribution in [2.45, 2.75) is 26.3 Å². The quantitative estimate of drug-likeness (QED) is 0.842. The Kier molecular flexibility index (Phi) is 4.59. The standard InChI is InChI=1S/C13H16BrN3O3/c1-3-8(2)15-11(18)6-17-12(19)7-20-9-4-5-10(14)16-13(9)17/h4-5,8H,3,6-7H2,1-2H3,(H,15,18). The predicted molar refractivity (Wildman–Crippen MR) is 77.7 cm³/mol. The minimum Gasteiger partial charge on any atom is -0.480 e. The van der Waals surface area contributed by atoms with E-state index in [-0.39, 0.29) is 31.0 Å². The van der Waals surface area contributed by atoms with Crippen LogP contribution >= 0.6 is 15.9 Å². The van der Waals surface area contributed by atoms with Gasteiger partial charge in [0.15, 0.2) is 18.2 Å². The number of nitrogens with one attached hydrogen (secondary N) is 1. The van der Waals surface area contributed by atoms with E-state index in [1.54, 1.807) is 12.1 Å². The smallest absolute Gasteiger partial charge is 0.266 e. The SMILES string of the molecule is CCC(C)NC(=O)CN1C(=O)COc2ccc(Br)nc21. The summed E-state index contributed by atoms with van der Waals surface area (Å²) in [5.74, 6) is 0.392. The first kappa shape index (κ1) is 14.8. The molecule has 0 aromatic carbocycles. The number of carbonyl (C=O) groups is 2. The van der Waals surface area contributed by atoms with Crippen LogP contribution in [0.2, 0.25) is 0 Å². The van der Waals surface area contributed by atoms with E-state index in [0.29, 0.717) is 16.2 Å². The molecule has 2 amide bonds. The summed E-state index contributed by atoms with van der Waals surface area (Å²) in [6.07, 6.45) is 0.836. The summed E-state index contributed by atoms with van der Waals surface area (Å²) >= 11 is 3.25. The van der Waals surface area contributed by atoms with E-state index in [4.69, 9.17) is 4.74 Å². The molecular weight excluding hydrogens is 326 g/mol. The summed E-state index contributed by atoms with van der Waals surface area (Å²) in [7, 11) is 0. The second-order valence-electron chi connectivity index (χ2n) is 4.60. The molecule has 0 aliphatic carbocycles. The van der Waals surface area contributed by atoms with Gasteiger partial charge in [-0.2, -0.15) is 0 Å². The number of carbonyl (C=O) groups excluding carboxylic acids is 2. The van der Waals surface area contributed by atoms with Gasteiger partial charge in [-0.25, -0.2) is 4.98 Å². The molecule has 108 valence electrons. The summed E-state index contributed by atoms with van der Waals surface area (Å²) < 4.78 is 5.88. The summed E-state index contributed by atoms with van der Waals surface area (Å²) in [6, 6.07) is 3.53. The fourth-order valence-electron chi connectivity index (χ4n) is 1.78. The Bertz CT molecular complexity index is 536. The molecule has 0 radical (unpaired) electrons. The molecule has 0 spiro atoms. The van der Waals surface area contributed by atoms with Crippen molar-refractivity contribution < 1.29 is 14.3 Å². The van der Waals surface area contributed by atoms with Crippen molar-refractivity contribution in [3.05, 3.63) is 16.7 Å². The van der Waals surface area contributed by atoms with E-state index in [1.807, 2.05) is 13.8 Å². The average Bonchev–Trinajstić information content (AvgIpc) is 2.42. The highest BCUT2D eigenvalue weighted by Gasteiger charge is 2.29. The number of hydrogen-bond acceptors (Lipinski definition) is 4. The third kappa shape index (κ3) is 3.27.